The van der Waals surface area contributed by atoms with E-state index in [4.69, 9.17) is 0 Å². The maximum absolute atomic E-state index is 13.0. The highest BCUT2D eigenvalue weighted by Crippen LogP contribution is 2.13. The van der Waals surface area contributed by atoms with Gasteiger partial charge in [0.2, 0.25) is 0 Å². The first-order valence-electron chi connectivity index (χ1n) is 3.84. The second-order valence-electron chi connectivity index (χ2n) is 2.58. The quantitative estimate of drug-likeness (QED) is 0.433. The van der Waals surface area contributed by atoms with Crippen LogP contribution in [0, 0.1) is 5.92 Å². The van der Waals surface area contributed by atoms with Crippen molar-refractivity contribution < 1.29 is 4.39 Å². The smallest absolute Gasteiger partial charge is 0.108 e. The molecule has 0 amide bonds. The van der Waals surface area contributed by atoms with Crippen molar-refractivity contribution in [2.24, 2.45) is 16.1 Å². The summed E-state index contributed by atoms with van der Waals surface area (Å²) in [7, 11) is 0. The van der Waals surface area contributed by atoms with Crippen molar-refractivity contribution in [3.8, 4) is 0 Å². The summed E-state index contributed by atoms with van der Waals surface area (Å²) in [6.45, 7) is 7.01. The van der Waals surface area contributed by atoms with Crippen molar-refractivity contribution >= 4 is 12.9 Å². The van der Waals surface area contributed by atoms with Gasteiger partial charge in [0.1, 0.15) is 6.17 Å². The van der Waals surface area contributed by atoms with E-state index in [1.165, 1.54) is 6.21 Å². The van der Waals surface area contributed by atoms with Crippen LogP contribution in [-0.2, 0) is 0 Å². The summed E-state index contributed by atoms with van der Waals surface area (Å²) < 4.78 is 13.0. The summed E-state index contributed by atoms with van der Waals surface area (Å²) in [6, 6.07) is 0. The van der Waals surface area contributed by atoms with Gasteiger partial charge in [0, 0.05) is 19.4 Å². The van der Waals surface area contributed by atoms with Gasteiger partial charge in [-0.15, -0.1) is 0 Å². The highest BCUT2D eigenvalue weighted by atomic mass is 19.1. The lowest BCUT2D eigenvalue weighted by Gasteiger charge is -2.11. The van der Waals surface area contributed by atoms with Crippen molar-refractivity contribution in [1.29, 1.82) is 0 Å². The van der Waals surface area contributed by atoms with Crippen molar-refractivity contribution in [1.82, 2.24) is 0 Å². The molecule has 2 nitrogen and oxygen atoms in total. The van der Waals surface area contributed by atoms with Crippen molar-refractivity contribution in [3.05, 3.63) is 0 Å². The topological polar surface area (TPSA) is 24.7 Å². The predicted octanol–water partition coefficient (Wildman–Crippen LogP) is 2.45. The molecule has 0 fully saturated rings. The average Bonchev–Trinajstić information content (AvgIpc) is 2.03. The molecule has 64 valence electrons. The van der Waals surface area contributed by atoms with E-state index in [1.807, 2.05) is 13.8 Å². The molecule has 0 aliphatic rings. The molecule has 0 saturated heterocycles. The average molecular weight is 158 g/mol. The van der Waals surface area contributed by atoms with E-state index >= 15 is 0 Å². The lowest BCUT2D eigenvalue weighted by atomic mass is 10.0. The fraction of sp³-hybridized carbons (Fsp3) is 0.750. The van der Waals surface area contributed by atoms with Gasteiger partial charge in [0.05, 0.1) is 0 Å². The Morgan fingerprint density at radius 1 is 1.64 bits per heavy atom. The summed E-state index contributed by atoms with van der Waals surface area (Å²) in [5.74, 6) is 0.103. The molecule has 3 heteroatoms. The molecule has 0 N–H and O–H groups in total. The summed E-state index contributed by atoms with van der Waals surface area (Å²) in [4.78, 5) is 0. The normalized spacial score (nSPS) is 16.6. The van der Waals surface area contributed by atoms with Crippen molar-refractivity contribution in [2.75, 3.05) is 0 Å². The zero-order valence-electron chi connectivity index (χ0n) is 7.13. The van der Waals surface area contributed by atoms with Gasteiger partial charge in [0.15, 0.2) is 0 Å². The van der Waals surface area contributed by atoms with Crippen LogP contribution in [-0.4, -0.2) is 19.1 Å². The highest BCUT2D eigenvalue weighted by molar-refractivity contribution is 5.58. The lowest BCUT2D eigenvalue weighted by molar-refractivity contribution is 0.246. The summed E-state index contributed by atoms with van der Waals surface area (Å²) in [6.07, 6.45) is 1.86. The molecular formula is C8H15FN2. The highest BCUT2D eigenvalue weighted by Gasteiger charge is 2.12. The molecule has 0 aliphatic heterocycles. The molecule has 0 rings (SSSR count). The molecule has 0 spiro atoms. The molecule has 0 saturated carbocycles. The molecule has 2 atom stereocenters. The molecular weight excluding hydrogens is 143 g/mol. The first-order chi connectivity index (χ1) is 5.22. The van der Waals surface area contributed by atoms with Crippen molar-refractivity contribution in [2.45, 2.75) is 32.9 Å². The van der Waals surface area contributed by atoms with Crippen LogP contribution in [0.5, 0.6) is 0 Å². The monoisotopic (exact) mass is 158 g/mol. The van der Waals surface area contributed by atoms with Gasteiger partial charge < -0.3 is 0 Å². The second kappa shape index (κ2) is 6.01. The Hall–Kier alpha value is -0.730. The molecule has 0 aromatic heterocycles. The third kappa shape index (κ3) is 4.65. The van der Waals surface area contributed by atoms with E-state index in [1.54, 1.807) is 0 Å². The number of nitrogens with zero attached hydrogens (tertiary/aromatic N) is 2. The van der Waals surface area contributed by atoms with E-state index < -0.39 is 6.17 Å². The van der Waals surface area contributed by atoms with Crippen LogP contribution >= 0.6 is 0 Å². The Kier molecular flexibility index (Phi) is 5.61. The van der Waals surface area contributed by atoms with Crippen LogP contribution in [0.3, 0.4) is 0 Å². The standard InChI is InChI=1S/C8H15FN2/c1-4-7(2)8(9)5-6-11-10-3/h6-8H,3-5H2,1-2H3/b11-6-. The van der Waals surface area contributed by atoms with Crippen LogP contribution in [0.4, 0.5) is 4.39 Å². The van der Waals surface area contributed by atoms with Gasteiger partial charge in [-0.25, -0.2) is 4.39 Å². The fourth-order valence-corrected chi connectivity index (χ4v) is 0.694. The first kappa shape index (κ1) is 10.3. The number of hydrogen-bond donors (Lipinski definition) is 0. The molecule has 0 heterocycles. The Morgan fingerprint density at radius 3 is 2.73 bits per heavy atom. The number of rotatable bonds is 5. The Bertz CT molecular complexity index is 134. The Morgan fingerprint density at radius 2 is 2.27 bits per heavy atom. The lowest BCUT2D eigenvalue weighted by Crippen LogP contribution is -2.11. The maximum atomic E-state index is 13.0. The molecule has 0 aliphatic carbocycles. The van der Waals surface area contributed by atoms with Gasteiger partial charge in [0.25, 0.3) is 0 Å². The molecule has 0 bridgehead atoms. The summed E-state index contributed by atoms with van der Waals surface area (Å²) >= 11 is 0. The predicted molar refractivity (Wildman–Crippen MR) is 47.0 cm³/mol. The fourth-order valence-electron chi connectivity index (χ4n) is 0.694. The molecule has 0 aromatic carbocycles. The molecule has 2 unspecified atom stereocenters. The van der Waals surface area contributed by atoms with Gasteiger partial charge in [-0.3, -0.25) is 0 Å². The molecule has 11 heavy (non-hydrogen) atoms. The Labute approximate surface area is 67.2 Å². The first-order valence-corrected chi connectivity index (χ1v) is 3.84. The van der Waals surface area contributed by atoms with Gasteiger partial charge in [-0.05, 0) is 5.92 Å². The number of alkyl halides is 1. The number of halogens is 1. The zero-order chi connectivity index (χ0) is 8.69. The van der Waals surface area contributed by atoms with Crippen LogP contribution in [0.1, 0.15) is 26.7 Å². The van der Waals surface area contributed by atoms with Gasteiger partial charge in [-0.1, -0.05) is 20.3 Å². The SMILES string of the molecule is C=N/N=C\CC(F)C(C)CC. The van der Waals surface area contributed by atoms with Gasteiger partial charge in [-0.2, -0.15) is 10.2 Å². The maximum Gasteiger partial charge on any atom is 0.108 e. The zero-order valence-corrected chi connectivity index (χ0v) is 7.13. The van der Waals surface area contributed by atoms with Crippen molar-refractivity contribution in [3.63, 3.8) is 0 Å². The van der Waals surface area contributed by atoms with Crippen LogP contribution in [0.25, 0.3) is 0 Å². The second-order valence-corrected chi connectivity index (χ2v) is 2.58. The van der Waals surface area contributed by atoms with Crippen LogP contribution in [0.15, 0.2) is 10.2 Å². The summed E-state index contributed by atoms with van der Waals surface area (Å²) in [5.41, 5.74) is 0. The molecule has 0 radical (unpaired) electrons. The van der Waals surface area contributed by atoms with E-state index in [9.17, 15) is 4.39 Å². The minimum Gasteiger partial charge on any atom is -0.247 e. The van der Waals surface area contributed by atoms with Crippen LogP contribution in [0.2, 0.25) is 0 Å². The minimum atomic E-state index is -0.800. The van der Waals surface area contributed by atoms with E-state index in [-0.39, 0.29) is 5.92 Å². The Balaban J connectivity index is 3.58. The summed E-state index contributed by atoms with van der Waals surface area (Å²) in [5, 5.41) is 6.72. The minimum absolute atomic E-state index is 0.103. The van der Waals surface area contributed by atoms with E-state index in [0.717, 1.165) is 6.42 Å². The third-order valence-electron chi connectivity index (χ3n) is 1.76. The number of hydrogen-bond acceptors (Lipinski definition) is 2. The van der Waals surface area contributed by atoms with Crippen LogP contribution < -0.4 is 0 Å². The largest absolute Gasteiger partial charge is 0.247 e. The molecule has 0 aromatic rings. The van der Waals surface area contributed by atoms with E-state index in [0.29, 0.717) is 6.42 Å². The third-order valence-corrected chi connectivity index (χ3v) is 1.76. The van der Waals surface area contributed by atoms with E-state index in [2.05, 4.69) is 16.9 Å². The van der Waals surface area contributed by atoms with Gasteiger partial charge >= 0.3 is 0 Å².